The molecule has 4 aliphatic carbocycles. The summed E-state index contributed by atoms with van der Waals surface area (Å²) >= 11 is 0. The van der Waals surface area contributed by atoms with Gasteiger partial charge < -0.3 is 14.7 Å². The van der Waals surface area contributed by atoms with Gasteiger partial charge in [0, 0.05) is 24.2 Å². The van der Waals surface area contributed by atoms with Crippen molar-refractivity contribution in [1.82, 2.24) is 0 Å². The monoisotopic (exact) mass is 430 g/mol. The summed E-state index contributed by atoms with van der Waals surface area (Å²) in [5, 5.41) is 21.6. The van der Waals surface area contributed by atoms with Crippen molar-refractivity contribution < 1.29 is 14.7 Å². The van der Waals surface area contributed by atoms with Gasteiger partial charge in [0.2, 0.25) is 0 Å². The van der Waals surface area contributed by atoms with Crippen molar-refractivity contribution in [1.29, 1.82) is 0 Å². The van der Waals surface area contributed by atoms with Crippen LogP contribution in [0.4, 0.5) is 0 Å². The Balaban J connectivity index is 1.30. The van der Waals surface area contributed by atoms with Gasteiger partial charge in [0.1, 0.15) is 0 Å². The molecule has 176 valence electrons. The van der Waals surface area contributed by atoms with Crippen LogP contribution in [0.25, 0.3) is 0 Å². The van der Waals surface area contributed by atoms with Crippen LogP contribution >= 0.6 is 0 Å². The molecule has 0 amide bonds. The highest BCUT2D eigenvalue weighted by molar-refractivity contribution is 5.11. The molecule has 2 saturated heterocycles. The Morgan fingerprint density at radius 2 is 1.52 bits per heavy atom. The second kappa shape index (κ2) is 7.19. The smallest absolute Gasteiger partial charge is 0.0917 e. The van der Waals surface area contributed by atoms with Crippen molar-refractivity contribution in [2.75, 3.05) is 20.1 Å². The molecule has 2 aliphatic heterocycles. The van der Waals surface area contributed by atoms with E-state index in [4.69, 9.17) is 0 Å². The lowest BCUT2D eigenvalue weighted by Crippen LogP contribution is -2.67. The van der Waals surface area contributed by atoms with E-state index in [9.17, 15) is 10.2 Å². The van der Waals surface area contributed by atoms with E-state index in [1.54, 1.807) is 0 Å². The van der Waals surface area contributed by atoms with Crippen LogP contribution in [0, 0.1) is 58.7 Å². The summed E-state index contributed by atoms with van der Waals surface area (Å²) in [6.07, 6.45) is 10.8. The van der Waals surface area contributed by atoms with Crippen LogP contribution in [0.1, 0.15) is 78.6 Å². The number of rotatable bonds is 0. The van der Waals surface area contributed by atoms with Gasteiger partial charge in [0.05, 0.1) is 38.4 Å². The van der Waals surface area contributed by atoms with E-state index in [1.165, 1.54) is 49.7 Å². The van der Waals surface area contributed by atoms with E-state index < -0.39 is 0 Å². The standard InChI is InChI=1S/C28H48NO2/c1-16-5-8-26-17(2)19-6-7-20-21(23(19)15-29(26,4)14-16)12-24-22(20)13-27(31)25-11-18(30)9-10-28(24,25)3/h16-27,30-31H,5-15H2,1-4H3/q+1/t16?,17-,18?,19+,20+,21+,22?,23?,24-,25+,26-,27?,28?,29?/m0/s1. The molecule has 0 bridgehead atoms. The lowest BCUT2D eigenvalue weighted by atomic mass is 9.51. The summed E-state index contributed by atoms with van der Waals surface area (Å²) in [5.74, 6) is 7.28. The van der Waals surface area contributed by atoms with Crippen molar-refractivity contribution in [3.8, 4) is 0 Å². The van der Waals surface area contributed by atoms with Crippen molar-refractivity contribution in [2.45, 2.75) is 96.8 Å². The predicted octanol–water partition coefficient (Wildman–Crippen LogP) is 4.71. The molecule has 6 aliphatic rings. The third-order valence-corrected chi connectivity index (χ3v) is 12.7. The average molecular weight is 431 g/mol. The molecule has 2 heterocycles. The number of hydrogen-bond donors (Lipinski definition) is 2. The van der Waals surface area contributed by atoms with Crippen LogP contribution in [0.2, 0.25) is 0 Å². The molecule has 0 aromatic rings. The predicted molar refractivity (Wildman–Crippen MR) is 124 cm³/mol. The van der Waals surface area contributed by atoms with Gasteiger partial charge in [0.25, 0.3) is 0 Å². The Morgan fingerprint density at radius 3 is 2.32 bits per heavy atom. The summed E-state index contributed by atoms with van der Waals surface area (Å²) in [7, 11) is 2.61. The third kappa shape index (κ3) is 3.01. The summed E-state index contributed by atoms with van der Waals surface area (Å²) in [4.78, 5) is 0. The van der Waals surface area contributed by atoms with Crippen LogP contribution in [0.3, 0.4) is 0 Å². The number of quaternary nitrogens is 1. The van der Waals surface area contributed by atoms with Gasteiger partial charge >= 0.3 is 0 Å². The first-order valence-electron chi connectivity index (χ1n) is 13.9. The van der Waals surface area contributed by atoms with Gasteiger partial charge in [-0.1, -0.05) is 20.8 Å². The second-order valence-electron chi connectivity index (χ2n) is 14.0. The molecule has 14 atom stereocenters. The summed E-state index contributed by atoms with van der Waals surface area (Å²) < 4.78 is 1.36. The van der Waals surface area contributed by atoms with Gasteiger partial charge in [-0.3, -0.25) is 0 Å². The number of piperidine rings is 2. The van der Waals surface area contributed by atoms with Gasteiger partial charge in [-0.15, -0.1) is 0 Å². The number of aliphatic hydroxyl groups is 2. The molecule has 0 spiro atoms. The molecule has 6 rings (SSSR count). The fourth-order valence-electron chi connectivity index (χ4n) is 11.5. The highest BCUT2D eigenvalue weighted by atomic mass is 16.3. The molecule has 4 saturated carbocycles. The molecule has 7 unspecified atom stereocenters. The Kier molecular flexibility index (Phi) is 4.97. The zero-order valence-corrected chi connectivity index (χ0v) is 20.5. The van der Waals surface area contributed by atoms with Gasteiger partial charge in [-0.2, -0.15) is 0 Å². The van der Waals surface area contributed by atoms with Gasteiger partial charge in [-0.25, -0.2) is 0 Å². The molecular formula is C28H48NO2+. The molecule has 0 radical (unpaired) electrons. The first kappa shape index (κ1) is 21.4. The number of hydrogen-bond acceptors (Lipinski definition) is 2. The minimum absolute atomic E-state index is 0.181. The van der Waals surface area contributed by atoms with Crippen molar-refractivity contribution in [3.05, 3.63) is 0 Å². The largest absolute Gasteiger partial charge is 0.393 e. The number of aliphatic hydroxyl groups excluding tert-OH is 2. The molecule has 0 aromatic heterocycles. The SMILES string of the molecule is CC1CC[C@H]2[C@@H](C)[C@H]3CC[C@H]4C5CC(O)[C@H]6CC(O)CCC6(C)[C@H]5C[C@H]4C3C[N+]2(C)C1. The van der Waals surface area contributed by atoms with E-state index in [1.807, 2.05) is 0 Å². The second-order valence-corrected chi connectivity index (χ2v) is 14.0. The molecule has 2 N–H and O–H groups in total. The van der Waals surface area contributed by atoms with Crippen molar-refractivity contribution >= 4 is 0 Å². The first-order chi connectivity index (χ1) is 14.7. The molecule has 6 fully saturated rings. The van der Waals surface area contributed by atoms with Crippen LogP contribution in [-0.2, 0) is 0 Å². The topological polar surface area (TPSA) is 40.5 Å². The van der Waals surface area contributed by atoms with E-state index in [0.717, 1.165) is 79.1 Å². The molecule has 0 aromatic carbocycles. The molecule has 31 heavy (non-hydrogen) atoms. The van der Waals surface area contributed by atoms with Gasteiger partial charge in [-0.05, 0) is 92.3 Å². The van der Waals surface area contributed by atoms with E-state index in [2.05, 4.69) is 27.8 Å². The quantitative estimate of drug-likeness (QED) is 0.547. The first-order valence-corrected chi connectivity index (χ1v) is 13.9. The maximum absolute atomic E-state index is 11.2. The number of fused-ring (bicyclic) bond motifs is 8. The summed E-state index contributed by atoms with van der Waals surface area (Å²) in [6.45, 7) is 10.5. The summed E-state index contributed by atoms with van der Waals surface area (Å²) in [6, 6.07) is 0.904. The Hall–Kier alpha value is -0.120. The third-order valence-electron chi connectivity index (χ3n) is 12.7. The number of nitrogens with zero attached hydrogens (tertiary/aromatic N) is 1. The van der Waals surface area contributed by atoms with E-state index in [0.29, 0.717) is 5.92 Å². The molecule has 3 heteroatoms. The lowest BCUT2D eigenvalue weighted by Gasteiger charge is -2.60. The van der Waals surface area contributed by atoms with Crippen molar-refractivity contribution in [2.24, 2.45) is 58.7 Å². The zero-order valence-electron chi connectivity index (χ0n) is 20.5. The Labute approximate surface area is 190 Å². The fourth-order valence-corrected chi connectivity index (χ4v) is 11.5. The normalized spacial score (nSPS) is 63.3. The molecular weight excluding hydrogens is 382 g/mol. The minimum Gasteiger partial charge on any atom is -0.393 e. The summed E-state index contributed by atoms with van der Waals surface area (Å²) in [5.41, 5.74) is 0.259. The van der Waals surface area contributed by atoms with Crippen LogP contribution in [0.5, 0.6) is 0 Å². The van der Waals surface area contributed by atoms with Crippen molar-refractivity contribution in [3.63, 3.8) is 0 Å². The lowest BCUT2D eigenvalue weighted by molar-refractivity contribution is -0.955. The Morgan fingerprint density at radius 1 is 0.742 bits per heavy atom. The van der Waals surface area contributed by atoms with E-state index >= 15 is 0 Å². The maximum Gasteiger partial charge on any atom is 0.0917 e. The maximum atomic E-state index is 11.2. The van der Waals surface area contributed by atoms with Crippen LogP contribution < -0.4 is 0 Å². The van der Waals surface area contributed by atoms with Crippen LogP contribution in [0.15, 0.2) is 0 Å². The van der Waals surface area contributed by atoms with E-state index in [-0.39, 0.29) is 17.6 Å². The Bertz CT molecular complexity index is 711. The molecule has 3 nitrogen and oxygen atoms in total. The fraction of sp³-hybridized carbons (Fsp3) is 1.00. The van der Waals surface area contributed by atoms with Crippen LogP contribution in [-0.4, -0.2) is 53.1 Å². The average Bonchev–Trinajstić information content (AvgIpc) is 3.09. The zero-order chi connectivity index (χ0) is 21.7. The van der Waals surface area contributed by atoms with Gasteiger partial charge in [0.15, 0.2) is 0 Å². The highest BCUT2D eigenvalue weighted by Gasteiger charge is 2.64. The minimum atomic E-state index is -0.181. The highest BCUT2D eigenvalue weighted by Crippen LogP contribution is 2.67.